The molecule has 8 nitrogen and oxygen atoms in total. The van der Waals surface area contributed by atoms with Crippen LogP contribution >= 0.6 is 0 Å². The van der Waals surface area contributed by atoms with Crippen LogP contribution in [0.15, 0.2) is 5.10 Å². The van der Waals surface area contributed by atoms with E-state index in [2.05, 4.69) is 15.3 Å². The van der Waals surface area contributed by atoms with Crippen molar-refractivity contribution in [3.05, 3.63) is 5.82 Å². The quantitative estimate of drug-likeness (QED) is 0.772. The third-order valence-electron chi connectivity index (χ3n) is 4.35. The Morgan fingerprint density at radius 1 is 1.19 bits per heavy atom. The van der Waals surface area contributed by atoms with Gasteiger partial charge in [0.25, 0.3) is 5.95 Å². The summed E-state index contributed by atoms with van der Waals surface area (Å²) in [6.07, 6.45) is 1.25. The van der Waals surface area contributed by atoms with Crippen molar-refractivity contribution in [2.75, 3.05) is 5.01 Å². The number of carbonyl (C=O) groups excluding carboxylic acids is 2. The molecule has 2 N–H and O–H groups in total. The Labute approximate surface area is 122 Å². The third kappa shape index (κ3) is 1.98. The molecule has 1 aromatic heterocycles. The highest BCUT2D eigenvalue weighted by atomic mass is 16.1. The first kappa shape index (κ1) is 13.9. The van der Waals surface area contributed by atoms with E-state index in [1.165, 1.54) is 9.69 Å². The smallest absolute Gasteiger partial charge is 0.263 e. The molecule has 3 atom stereocenters. The van der Waals surface area contributed by atoms with Gasteiger partial charge in [-0.2, -0.15) is 9.78 Å². The van der Waals surface area contributed by atoms with Gasteiger partial charge in [-0.05, 0) is 33.6 Å². The SMILES string of the molecule is CC(=O)[C@@H]1CC[C@H](C(C)=O)[C@@H]2C1=Nn1c(C)nnc1N2N. The minimum atomic E-state index is -0.416. The lowest BCUT2D eigenvalue weighted by molar-refractivity contribution is -0.123. The number of nitrogens with zero attached hydrogens (tertiary/aromatic N) is 5. The summed E-state index contributed by atoms with van der Waals surface area (Å²) in [5.41, 5.74) is 0.645. The molecule has 1 fully saturated rings. The second kappa shape index (κ2) is 4.73. The Morgan fingerprint density at radius 3 is 2.52 bits per heavy atom. The molecule has 2 heterocycles. The fourth-order valence-corrected chi connectivity index (χ4v) is 3.23. The van der Waals surface area contributed by atoms with Gasteiger partial charge in [0.1, 0.15) is 11.6 Å². The van der Waals surface area contributed by atoms with Crippen LogP contribution in [0.3, 0.4) is 0 Å². The number of aryl methyl sites for hydroxylation is 1. The molecule has 0 bridgehead atoms. The molecule has 1 saturated carbocycles. The van der Waals surface area contributed by atoms with E-state index in [-0.39, 0.29) is 23.4 Å². The number of anilines is 1. The molecule has 0 amide bonds. The zero-order valence-corrected chi connectivity index (χ0v) is 12.3. The van der Waals surface area contributed by atoms with Gasteiger partial charge in [0, 0.05) is 5.92 Å². The number of rotatable bonds is 2. The number of hydrogen-bond acceptors (Lipinski definition) is 7. The maximum Gasteiger partial charge on any atom is 0.263 e. The van der Waals surface area contributed by atoms with E-state index in [0.717, 1.165) is 0 Å². The predicted octanol–water partition coefficient (Wildman–Crippen LogP) is 0.0571. The maximum atomic E-state index is 11.9. The largest absolute Gasteiger partial charge is 0.300 e. The molecular formula is C13H18N6O2. The van der Waals surface area contributed by atoms with Crippen LogP contribution in [0.1, 0.15) is 32.5 Å². The van der Waals surface area contributed by atoms with Crippen molar-refractivity contribution >= 4 is 23.2 Å². The van der Waals surface area contributed by atoms with Gasteiger partial charge >= 0.3 is 0 Å². The molecule has 3 rings (SSSR count). The van der Waals surface area contributed by atoms with Gasteiger partial charge in [-0.3, -0.25) is 14.6 Å². The lowest BCUT2D eigenvalue weighted by Crippen LogP contribution is -2.59. The van der Waals surface area contributed by atoms with Crippen molar-refractivity contribution in [1.29, 1.82) is 0 Å². The van der Waals surface area contributed by atoms with Crippen molar-refractivity contribution < 1.29 is 9.59 Å². The summed E-state index contributed by atoms with van der Waals surface area (Å²) in [5, 5.41) is 13.9. The minimum absolute atomic E-state index is 0.0447. The molecule has 1 aliphatic heterocycles. The highest BCUT2D eigenvalue weighted by Crippen LogP contribution is 2.35. The number of ketones is 2. The standard InChI is InChI=1S/C13H18N6O2/c1-6(20)9-4-5-10(7(2)21)12-11(9)17-19-8(3)15-16-13(19)18(12)14/h9-10,12H,4-5,14H2,1-3H3/t9-,10+,12+/m0/s1. The summed E-state index contributed by atoms with van der Waals surface area (Å²) in [5.74, 6) is 6.69. The van der Waals surface area contributed by atoms with Crippen LogP contribution in [0.4, 0.5) is 5.95 Å². The summed E-state index contributed by atoms with van der Waals surface area (Å²) in [6.45, 7) is 4.87. The minimum Gasteiger partial charge on any atom is -0.300 e. The molecule has 0 aromatic carbocycles. The number of fused-ring (bicyclic) bond motifs is 2. The first-order chi connectivity index (χ1) is 9.91. The molecular weight excluding hydrogens is 272 g/mol. The van der Waals surface area contributed by atoms with Crippen molar-refractivity contribution in [2.24, 2.45) is 22.8 Å². The predicted molar refractivity (Wildman–Crippen MR) is 75.6 cm³/mol. The Kier molecular flexibility index (Phi) is 3.12. The Hall–Kier alpha value is -2.09. The van der Waals surface area contributed by atoms with E-state index in [0.29, 0.717) is 30.3 Å². The van der Waals surface area contributed by atoms with Gasteiger partial charge in [0.15, 0.2) is 5.82 Å². The number of aromatic nitrogens is 3. The van der Waals surface area contributed by atoms with Crippen molar-refractivity contribution in [1.82, 2.24) is 14.9 Å². The van der Waals surface area contributed by atoms with Gasteiger partial charge < -0.3 is 0 Å². The molecule has 112 valence electrons. The summed E-state index contributed by atoms with van der Waals surface area (Å²) in [4.78, 5) is 23.8. The van der Waals surface area contributed by atoms with Crippen molar-refractivity contribution in [3.63, 3.8) is 0 Å². The van der Waals surface area contributed by atoms with Crippen LogP contribution in [0, 0.1) is 18.8 Å². The molecule has 1 aliphatic carbocycles. The van der Waals surface area contributed by atoms with E-state index in [9.17, 15) is 9.59 Å². The topological polar surface area (TPSA) is 106 Å². The van der Waals surface area contributed by atoms with E-state index >= 15 is 0 Å². The monoisotopic (exact) mass is 290 g/mol. The zero-order valence-electron chi connectivity index (χ0n) is 12.3. The van der Waals surface area contributed by atoms with Crippen LogP contribution in [0.2, 0.25) is 0 Å². The van der Waals surface area contributed by atoms with E-state index in [1.54, 1.807) is 20.8 Å². The van der Waals surface area contributed by atoms with Crippen LogP contribution in [0.5, 0.6) is 0 Å². The van der Waals surface area contributed by atoms with Gasteiger partial charge in [0.05, 0.1) is 17.7 Å². The summed E-state index contributed by atoms with van der Waals surface area (Å²) < 4.78 is 1.53. The molecule has 21 heavy (non-hydrogen) atoms. The molecule has 0 unspecified atom stereocenters. The second-order valence-corrected chi connectivity index (χ2v) is 5.69. The summed E-state index contributed by atoms with van der Waals surface area (Å²) >= 11 is 0. The fraction of sp³-hybridized carbons (Fsp3) is 0.615. The van der Waals surface area contributed by atoms with E-state index < -0.39 is 6.04 Å². The molecule has 0 spiro atoms. The van der Waals surface area contributed by atoms with Crippen LogP contribution in [-0.2, 0) is 9.59 Å². The zero-order chi connectivity index (χ0) is 15.3. The average Bonchev–Trinajstić information content (AvgIpc) is 2.79. The van der Waals surface area contributed by atoms with Crippen LogP contribution in [-0.4, -0.2) is 38.2 Å². The second-order valence-electron chi connectivity index (χ2n) is 5.69. The molecule has 2 aliphatic rings. The highest BCUT2D eigenvalue weighted by Gasteiger charge is 2.46. The van der Waals surface area contributed by atoms with Crippen LogP contribution in [0.25, 0.3) is 0 Å². The Bertz CT molecular complexity index is 649. The Balaban J connectivity index is 2.15. The van der Waals surface area contributed by atoms with Crippen LogP contribution < -0.4 is 10.9 Å². The van der Waals surface area contributed by atoms with Gasteiger partial charge in [-0.1, -0.05) is 0 Å². The number of carbonyl (C=O) groups is 2. The summed E-state index contributed by atoms with van der Waals surface area (Å²) in [7, 11) is 0. The number of Topliss-reactive ketones (excluding diaryl/α,β-unsaturated/α-hetero) is 2. The number of nitrogens with two attached hydrogens (primary N) is 1. The lowest BCUT2D eigenvalue weighted by atomic mass is 9.73. The average molecular weight is 290 g/mol. The molecule has 0 radical (unpaired) electrons. The molecule has 8 heteroatoms. The van der Waals surface area contributed by atoms with Gasteiger partial charge in [-0.15, -0.1) is 10.2 Å². The normalized spacial score (nSPS) is 27.7. The van der Waals surface area contributed by atoms with Gasteiger partial charge in [-0.25, -0.2) is 5.84 Å². The number of hydrazine groups is 1. The van der Waals surface area contributed by atoms with Crippen molar-refractivity contribution in [2.45, 2.75) is 39.7 Å². The van der Waals surface area contributed by atoms with E-state index in [1.807, 2.05) is 0 Å². The molecule has 0 saturated heterocycles. The summed E-state index contributed by atoms with van der Waals surface area (Å²) in [6, 6.07) is -0.416. The highest BCUT2D eigenvalue weighted by molar-refractivity contribution is 6.10. The number of hydrogen-bond donors (Lipinski definition) is 1. The third-order valence-corrected chi connectivity index (χ3v) is 4.35. The van der Waals surface area contributed by atoms with Gasteiger partial charge in [0.2, 0.25) is 0 Å². The maximum absolute atomic E-state index is 11.9. The Morgan fingerprint density at radius 2 is 1.90 bits per heavy atom. The lowest BCUT2D eigenvalue weighted by Gasteiger charge is -2.42. The fourth-order valence-electron chi connectivity index (χ4n) is 3.23. The van der Waals surface area contributed by atoms with E-state index in [4.69, 9.17) is 5.84 Å². The first-order valence-electron chi connectivity index (χ1n) is 6.97. The molecule has 1 aromatic rings. The van der Waals surface area contributed by atoms with Crippen molar-refractivity contribution in [3.8, 4) is 0 Å². The first-order valence-corrected chi connectivity index (χ1v) is 6.97.